The maximum absolute atomic E-state index is 13.0. The number of hydrogen-bond acceptors (Lipinski definition) is 7. The van der Waals surface area contributed by atoms with Crippen LogP contribution in [0.15, 0.2) is 55.0 Å². The highest BCUT2D eigenvalue weighted by Gasteiger charge is 2.30. The molecule has 1 aromatic carbocycles. The van der Waals surface area contributed by atoms with E-state index in [4.69, 9.17) is 4.74 Å². The quantitative estimate of drug-likeness (QED) is 0.351. The van der Waals surface area contributed by atoms with Gasteiger partial charge in [0.15, 0.2) is 11.5 Å². The Bertz CT molecular complexity index is 1530. The number of nitrogens with one attached hydrogen (secondary N) is 2. The molecule has 1 aliphatic carbocycles. The van der Waals surface area contributed by atoms with Gasteiger partial charge in [-0.1, -0.05) is 45.0 Å². The monoisotopic (exact) mass is 540 g/mol. The van der Waals surface area contributed by atoms with Gasteiger partial charge in [-0.2, -0.15) is 0 Å². The third-order valence-corrected chi connectivity index (χ3v) is 7.92. The first-order chi connectivity index (χ1) is 19.3. The van der Waals surface area contributed by atoms with Gasteiger partial charge in [0.1, 0.15) is 24.0 Å². The minimum absolute atomic E-state index is 0.125. The van der Waals surface area contributed by atoms with Crippen molar-refractivity contribution in [3.05, 3.63) is 77.6 Å². The van der Waals surface area contributed by atoms with Crippen molar-refractivity contribution < 1.29 is 9.53 Å². The molecule has 1 fully saturated rings. The van der Waals surface area contributed by atoms with Crippen LogP contribution < -0.4 is 15.4 Å². The third-order valence-electron chi connectivity index (χ3n) is 7.92. The number of amides is 2. The molecule has 1 unspecified atom stereocenters. The first-order valence-corrected chi connectivity index (χ1v) is 14.0. The van der Waals surface area contributed by atoms with Crippen molar-refractivity contribution in [3.63, 3.8) is 0 Å². The molecule has 3 aromatic heterocycles. The predicted octanol–water partition coefficient (Wildman–Crippen LogP) is 5.36. The molecule has 40 heavy (non-hydrogen) atoms. The van der Waals surface area contributed by atoms with Crippen LogP contribution in [0, 0.1) is 0 Å². The van der Waals surface area contributed by atoms with E-state index in [2.05, 4.69) is 80.1 Å². The molecule has 1 aliphatic heterocycles. The summed E-state index contributed by atoms with van der Waals surface area (Å²) in [6.07, 6.45) is 7.12. The lowest BCUT2D eigenvalue weighted by atomic mass is 9.85. The number of anilines is 1. The van der Waals surface area contributed by atoms with Gasteiger partial charge in [-0.3, -0.25) is 14.6 Å². The standard InChI is InChI=1S/C30H36N8O2/c1-30(2,3)25-16-26(32-18-31-25)34-29(39)33-22-12-13-24(21-9-6-5-8-20(21)22)40-19-11-14-27-35-36-28(38(27)17-19)23-10-7-15-37(23)4/h5-6,8-9,11,14,16-18,22-24H,7,10,12-13,15H2,1-4H3,(H2,31,32,33,34,39)/t22-,23?,24+/m0/s1. The predicted molar refractivity (Wildman–Crippen MR) is 152 cm³/mol. The molecule has 0 bridgehead atoms. The summed E-state index contributed by atoms with van der Waals surface area (Å²) in [5.41, 5.74) is 3.69. The molecule has 0 saturated carbocycles. The summed E-state index contributed by atoms with van der Waals surface area (Å²) >= 11 is 0. The van der Waals surface area contributed by atoms with Gasteiger partial charge in [-0.25, -0.2) is 14.8 Å². The Hall–Kier alpha value is -4.05. The van der Waals surface area contributed by atoms with Crippen LogP contribution in [-0.2, 0) is 5.41 Å². The van der Waals surface area contributed by atoms with Crippen molar-refractivity contribution in [3.8, 4) is 5.75 Å². The number of rotatable bonds is 5. The molecule has 208 valence electrons. The zero-order valence-electron chi connectivity index (χ0n) is 23.5. The molecular formula is C30H36N8O2. The second-order valence-corrected chi connectivity index (χ2v) is 11.8. The minimum atomic E-state index is -0.291. The first-order valence-electron chi connectivity index (χ1n) is 14.0. The number of aromatic nitrogens is 5. The zero-order valence-corrected chi connectivity index (χ0v) is 23.5. The van der Waals surface area contributed by atoms with Gasteiger partial charge < -0.3 is 10.1 Å². The van der Waals surface area contributed by atoms with Crippen molar-refractivity contribution in [1.29, 1.82) is 0 Å². The number of pyridine rings is 1. The summed E-state index contributed by atoms with van der Waals surface area (Å²) in [6.45, 7) is 7.30. The minimum Gasteiger partial charge on any atom is -0.484 e. The summed E-state index contributed by atoms with van der Waals surface area (Å²) in [7, 11) is 2.14. The van der Waals surface area contributed by atoms with E-state index in [-0.39, 0.29) is 29.6 Å². The molecule has 1 saturated heterocycles. The van der Waals surface area contributed by atoms with Gasteiger partial charge in [-0.05, 0) is 62.5 Å². The Morgan fingerprint density at radius 1 is 1.02 bits per heavy atom. The average Bonchev–Trinajstić information content (AvgIpc) is 3.55. The second kappa shape index (κ2) is 10.5. The third kappa shape index (κ3) is 5.23. The highest BCUT2D eigenvalue weighted by atomic mass is 16.5. The molecule has 10 heteroatoms. The van der Waals surface area contributed by atoms with Crippen LogP contribution in [0.1, 0.15) is 87.3 Å². The lowest BCUT2D eigenvalue weighted by molar-refractivity contribution is 0.171. The molecule has 2 amide bonds. The Kier molecular flexibility index (Phi) is 6.87. The summed E-state index contributed by atoms with van der Waals surface area (Å²) < 4.78 is 8.62. The smallest absolute Gasteiger partial charge is 0.320 e. The van der Waals surface area contributed by atoms with Gasteiger partial charge in [-0.15, -0.1) is 10.2 Å². The topological polar surface area (TPSA) is 110 Å². The number of urea groups is 1. The van der Waals surface area contributed by atoms with E-state index in [0.29, 0.717) is 5.82 Å². The molecule has 2 aliphatic rings. The Labute approximate surface area is 234 Å². The SMILES string of the molecule is CN1CCCC1c1nnc2ccc(O[C@@H]3CC[C@H](NC(=O)Nc4cc(C(C)(C)C)ncn4)c4ccccc43)cn12. The van der Waals surface area contributed by atoms with Crippen LogP contribution >= 0.6 is 0 Å². The lowest BCUT2D eigenvalue weighted by Gasteiger charge is -2.32. The van der Waals surface area contributed by atoms with Gasteiger partial charge in [0.2, 0.25) is 0 Å². The molecule has 0 spiro atoms. The van der Waals surface area contributed by atoms with Gasteiger partial charge in [0, 0.05) is 11.5 Å². The van der Waals surface area contributed by atoms with Crippen molar-refractivity contribution in [2.75, 3.05) is 18.9 Å². The van der Waals surface area contributed by atoms with Gasteiger partial charge >= 0.3 is 6.03 Å². The van der Waals surface area contributed by atoms with Crippen LogP contribution in [0.2, 0.25) is 0 Å². The Balaban J connectivity index is 1.18. The van der Waals surface area contributed by atoms with Crippen LogP contribution in [0.4, 0.5) is 10.6 Å². The molecule has 4 aromatic rings. The van der Waals surface area contributed by atoms with E-state index in [1.165, 1.54) is 6.33 Å². The van der Waals surface area contributed by atoms with Crippen molar-refractivity contribution in [2.24, 2.45) is 0 Å². The summed E-state index contributed by atoms with van der Waals surface area (Å²) in [5, 5.41) is 14.9. The first kappa shape index (κ1) is 26.2. The fourth-order valence-corrected chi connectivity index (χ4v) is 5.76. The summed E-state index contributed by atoms with van der Waals surface area (Å²) in [4.78, 5) is 23.9. The number of hydrogen-bond donors (Lipinski definition) is 2. The van der Waals surface area contributed by atoms with Crippen molar-refractivity contribution >= 4 is 17.5 Å². The number of benzene rings is 1. The summed E-state index contributed by atoms with van der Waals surface area (Å²) in [5.74, 6) is 2.21. The maximum Gasteiger partial charge on any atom is 0.320 e. The van der Waals surface area contributed by atoms with E-state index in [1.807, 2.05) is 36.5 Å². The summed E-state index contributed by atoms with van der Waals surface area (Å²) in [6, 6.07) is 13.7. The normalized spacial score (nSPS) is 21.2. The van der Waals surface area contributed by atoms with Gasteiger partial charge in [0.05, 0.1) is 24.0 Å². The number of carbonyl (C=O) groups is 1. The molecule has 2 N–H and O–H groups in total. The Morgan fingerprint density at radius 2 is 1.85 bits per heavy atom. The van der Waals surface area contributed by atoms with Crippen LogP contribution in [-0.4, -0.2) is 49.1 Å². The van der Waals surface area contributed by atoms with Gasteiger partial charge in [0.25, 0.3) is 0 Å². The maximum atomic E-state index is 13.0. The highest BCUT2D eigenvalue weighted by molar-refractivity contribution is 5.88. The van der Waals surface area contributed by atoms with E-state index in [9.17, 15) is 4.79 Å². The number of carbonyl (C=O) groups excluding carboxylic acids is 1. The molecular weight excluding hydrogens is 504 g/mol. The fourth-order valence-electron chi connectivity index (χ4n) is 5.76. The molecule has 3 atom stereocenters. The number of likely N-dealkylation sites (tertiary alicyclic amines) is 1. The van der Waals surface area contributed by atoms with E-state index < -0.39 is 0 Å². The average molecular weight is 541 g/mol. The van der Waals surface area contributed by atoms with Crippen molar-refractivity contribution in [2.45, 2.75) is 70.1 Å². The number of fused-ring (bicyclic) bond motifs is 2. The Morgan fingerprint density at radius 3 is 2.62 bits per heavy atom. The molecule has 6 rings (SSSR count). The van der Waals surface area contributed by atoms with E-state index in [0.717, 1.165) is 66.3 Å². The van der Waals surface area contributed by atoms with E-state index in [1.54, 1.807) is 0 Å². The largest absolute Gasteiger partial charge is 0.484 e. The molecule has 10 nitrogen and oxygen atoms in total. The van der Waals surface area contributed by atoms with Crippen molar-refractivity contribution in [1.82, 2.24) is 34.8 Å². The van der Waals surface area contributed by atoms with Crippen LogP contribution in [0.5, 0.6) is 5.75 Å². The number of ether oxygens (including phenoxy) is 1. The highest BCUT2D eigenvalue weighted by Crippen LogP contribution is 2.39. The van der Waals surface area contributed by atoms with Crippen LogP contribution in [0.3, 0.4) is 0 Å². The molecule has 0 radical (unpaired) electrons. The number of nitrogens with zero attached hydrogens (tertiary/aromatic N) is 6. The lowest BCUT2D eigenvalue weighted by Crippen LogP contribution is -2.35. The van der Waals surface area contributed by atoms with Crippen LogP contribution in [0.25, 0.3) is 5.65 Å². The van der Waals surface area contributed by atoms with E-state index >= 15 is 0 Å². The molecule has 4 heterocycles. The zero-order chi connectivity index (χ0) is 27.9. The second-order valence-electron chi connectivity index (χ2n) is 11.8. The fraction of sp³-hybridized carbons (Fsp3) is 0.433.